The number of hydrogen-bond acceptors (Lipinski definition) is 11. The van der Waals surface area contributed by atoms with Gasteiger partial charge in [-0.15, -0.1) is 11.3 Å². The maximum Gasteiger partial charge on any atom is 0.417 e. The SMILES string of the molecule is N#Cc1c(N)sc2c(F)ccc(-c3c(C(F)(F)F)cc4c(N5CCn6nc(C(=O)N7CCC(O)C7)cc6C5)nc(OCC56CCCN5CC(F)C6)nc4c3F)c12. The topological polar surface area (TPSA) is 150 Å². The van der Waals surface area contributed by atoms with E-state index >= 15 is 22.0 Å². The molecule has 3 unspecified atom stereocenters. The second kappa shape index (κ2) is 13.2. The summed E-state index contributed by atoms with van der Waals surface area (Å²) in [4.78, 5) is 27.2. The van der Waals surface area contributed by atoms with E-state index < -0.39 is 57.8 Å². The third-order valence-corrected chi connectivity index (χ3v) is 12.4. The maximum atomic E-state index is 17.3. The zero-order valence-electron chi connectivity index (χ0n) is 29.5. The van der Waals surface area contributed by atoms with Gasteiger partial charge in [0.1, 0.15) is 41.0 Å². The second-order valence-electron chi connectivity index (χ2n) is 14.8. The molecule has 9 rings (SSSR count). The van der Waals surface area contributed by atoms with E-state index in [1.807, 2.05) is 11.0 Å². The summed E-state index contributed by atoms with van der Waals surface area (Å²) in [5, 5.41) is 23.6. The predicted octanol–water partition coefficient (Wildman–Crippen LogP) is 5.64. The highest BCUT2D eigenvalue weighted by molar-refractivity contribution is 7.23. The second-order valence-corrected chi connectivity index (χ2v) is 15.9. The number of amides is 1. The Labute approximate surface area is 318 Å². The smallest absolute Gasteiger partial charge is 0.417 e. The molecule has 0 bridgehead atoms. The molecule has 292 valence electrons. The minimum atomic E-state index is -5.15. The number of fused-ring (bicyclic) bond motifs is 4. The van der Waals surface area contributed by atoms with Crippen molar-refractivity contribution in [3.63, 3.8) is 0 Å². The fourth-order valence-electron chi connectivity index (χ4n) is 8.78. The van der Waals surface area contributed by atoms with Gasteiger partial charge in [0.2, 0.25) is 0 Å². The Kier molecular flexibility index (Phi) is 8.59. The predicted molar refractivity (Wildman–Crippen MR) is 193 cm³/mol. The van der Waals surface area contributed by atoms with Crippen molar-refractivity contribution < 1.29 is 41.0 Å². The minimum absolute atomic E-state index is 0.0126. The van der Waals surface area contributed by atoms with Gasteiger partial charge in [0.25, 0.3) is 5.91 Å². The average molecular weight is 798 g/mol. The lowest BCUT2D eigenvalue weighted by atomic mass is 9.92. The van der Waals surface area contributed by atoms with Crippen LogP contribution in [0.4, 0.5) is 37.2 Å². The zero-order valence-corrected chi connectivity index (χ0v) is 30.4. The Morgan fingerprint density at radius 3 is 2.71 bits per heavy atom. The fourth-order valence-corrected chi connectivity index (χ4v) is 9.73. The number of thiophene rings is 1. The van der Waals surface area contributed by atoms with Crippen LogP contribution in [0, 0.1) is 23.0 Å². The molecule has 3 atom stereocenters. The number of aromatic nitrogens is 4. The lowest BCUT2D eigenvalue weighted by Gasteiger charge is -2.32. The normalized spacial score (nSPS) is 22.6. The molecule has 4 aliphatic heterocycles. The number of alkyl halides is 4. The van der Waals surface area contributed by atoms with Crippen molar-refractivity contribution in [2.24, 2.45) is 0 Å². The van der Waals surface area contributed by atoms with E-state index in [9.17, 15) is 19.6 Å². The number of halogens is 6. The molecule has 0 radical (unpaired) electrons. The number of ether oxygens (including phenoxy) is 1. The average Bonchev–Trinajstić information content (AvgIpc) is 3.98. The Morgan fingerprint density at radius 1 is 1.14 bits per heavy atom. The summed E-state index contributed by atoms with van der Waals surface area (Å²) >= 11 is 0.668. The Morgan fingerprint density at radius 2 is 1.96 bits per heavy atom. The van der Waals surface area contributed by atoms with Crippen LogP contribution in [0.5, 0.6) is 6.01 Å². The van der Waals surface area contributed by atoms with Crippen molar-refractivity contribution in [3.8, 4) is 23.2 Å². The van der Waals surface area contributed by atoms with E-state index in [-0.39, 0.29) is 95.2 Å². The number of carbonyl (C=O) groups is 1. The number of aliphatic hydroxyl groups is 1. The molecule has 0 spiro atoms. The van der Waals surface area contributed by atoms with Crippen molar-refractivity contribution >= 4 is 49.1 Å². The number of carbonyl (C=O) groups excluding carboxylic acids is 1. The number of nitriles is 1. The van der Waals surface area contributed by atoms with Crippen LogP contribution in [0.2, 0.25) is 0 Å². The highest BCUT2D eigenvalue weighted by atomic mass is 32.1. The Hall–Kier alpha value is -5.19. The van der Waals surface area contributed by atoms with Gasteiger partial charge in [0.05, 0.1) is 46.3 Å². The maximum absolute atomic E-state index is 17.3. The molecule has 4 aliphatic rings. The number of hydrogen-bond donors (Lipinski definition) is 2. The monoisotopic (exact) mass is 797 g/mol. The van der Waals surface area contributed by atoms with Crippen molar-refractivity contribution in [1.82, 2.24) is 29.5 Å². The van der Waals surface area contributed by atoms with Crippen LogP contribution in [0.1, 0.15) is 53.0 Å². The highest BCUT2D eigenvalue weighted by Crippen LogP contribution is 2.48. The van der Waals surface area contributed by atoms with Crippen LogP contribution in [0.25, 0.3) is 32.1 Å². The zero-order chi connectivity index (χ0) is 39.3. The van der Waals surface area contributed by atoms with Gasteiger partial charge in [0.15, 0.2) is 11.5 Å². The summed E-state index contributed by atoms with van der Waals surface area (Å²) in [6.07, 6.45) is -4.76. The number of benzene rings is 2. The van der Waals surface area contributed by atoms with E-state index in [0.717, 1.165) is 24.6 Å². The van der Waals surface area contributed by atoms with E-state index in [1.54, 1.807) is 15.6 Å². The molecular weight excluding hydrogens is 765 g/mol. The first-order valence-corrected chi connectivity index (χ1v) is 18.9. The third kappa shape index (κ3) is 5.87. The number of aliphatic hydroxyl groups excluding tert-OH is 1. The van der Waals surface area contributed by atoms with Crippen molar-refractivity contribution in [2.45, 2.75) is 62.8 Å². The van der Waals surface area contributed by atoms with Crippen LogP contribution in [-0.4, -0.2) is 97.7 Å². The summed E-state index contributed by atoms with van der Waals surface area (Å²) in [5.41, 5.74) is 2.43. The van der Waals surface area contributed by atoms with Crippen LogP contribution in [0.15, 0.2) is 24.3 Å². The first-order valence-electron chi connectivity index (χ1n) is 18.1. The van der Waals surface area contributed by atoms with Gasteiger partial charge in [-0.05, 0) is 49.6 Å². The number of rotatable bonds is 6. The van der Waals surface area contributed by atoms with Gasteiger partial charge in [0, 0.05) is 48.9 Å². The summed E-state index contributed by atoms with van der Waals surface area (Å²) < 4.78 is 99.8. The first kappa shape index (κ1) is 36.4. The van der Waals surface area contributed by atoms with Crippen molar-refractivity contribution in [3.05, 3.63) is 58.4 Å². The van der Waals surface area contributed by atoms with E-state index in [1.165, 1.54) is 4.90 Å². The largest absolute Gasteiger partial charge is 0.461 e. The molecule has 19 heteroatoms. The number of likely N-dealkylation sites (tertiary alicyclic amines) is 1. The number of anilines is 2. The molecule has 0 aliphatic carbocycles. The van der Waals surface area contributed by atoms with E-state index in [0.29, 0.717) is 43.0 Å². The molecule has 3 saturated heterocycles. The number of nitrogens with zero attached hydrogens (tertiary/aromatic N) is 8. The lowest BCUT2D eigenvalue weighted by Crippen LogP contribution is -2.43. The summed E-state index contributed by atoms with van der Waals surface area (Å²) in [7, 11) is 0. The Bertz CT molecular complexity index is 2480. The van der Waals surface area contributed by atoms with Gasteiger partial charge in [-0.3, -0.25) is 14.4 Å². The standard InChI is InChI=1S/C37H33F6N9O3S/c38-18-12-36(5-1-6-51(36)14-18)17-55-35-46-30-22(33(47-35)49-8-9-52-19(15-49)10-26(48-52)34(54)50-7-4-20(53)16-50)11-24(37(41,42)43)28(29(30)40)21-2-3-25(39)31-27(21)23(13-44)32(45)56-31/h2-3,10-11,18,20,53H,1,4-9,12,14-17,45H2. The minimum Gasteiger partial charge on any atom is -0.461 e. The molecule has 3 N–H and O–H groups in total. The number of nitrogen functional groups attached to an aromatic ring is 1. The van der Waals surface area contributed by atoms with Gasteiger partial charge >= 0.3 is 12.2 Å². The Balaban J connectivity index is 1.19. The molecule has 0 saturated carbocycles. The van der Waals surface area contributed by atoms with Crippen LogP contribution in [-0.2, 0) is 19.3 Å². The lowest BCUT2D eigenvalue weighted by molar-refractivity contribution is -0.137. The third-order valence-electron chi connectivity index (χ3n) is 11.4. The first-order chi connectivity index (χ1) is 26.7. The van der Waals surface area contributed by atoms with E-state index in [4.69, 9.17) is 10.5 Å². The quantitative estimate of drug-likeness (QED) is 0.207. The van der Waals surface area contributed by atoms with E-state index in [2.05, 4.69) is 15.1 Å². The summed E-state index contributed by atoms with van der Waals surface area (Å²) in [6, 6.07) is 5.67. The van der Waals surface area contributed by atoms with Gasteiger partial charge in [-0.25, -0.2) is 13.2 Å². The van der Waals surface area contributed by atoms with Crippen LogP contribution in [0.3, 0.4) is 0 Å². The van der Waals surface area contributed by atoms with Gasteiger partial charge in [-0.1, -0.05) is 6.07 Å². The summed E-state index contributed by atoms with van der Waals surface area (Å²) in [5.74, 6) is -2.70. The molecule has 56 heavy (non-hydrogen) atoms. The molecule has 7 heterocycles. The molecule has 5 aromatic rings. The molecular formula is C37H33F6N9O3S. The fraction of sp³-hybridized carbons (Fsp3) is 0.432. The van der Waals surface area contributed by atoms with Gasteiger partial charge < -0.3 is 25.4 Å². The van der Waals surface area contributed by atoms with Crippen molar-refractivity contribution in [1.29, 1.82) is 5.26 Å². The molecule has 2 aromatic carbocycles. The number of β-amino-alcohol motifs (C(OH)–C–C–N with tert-alkyl or cyclic N) is 1. The molecule has 12 nitrogen and oxygen atoms in total. The van der Waals surface area contributed by atoms with Gasteiger partial charge in [-0.2, -0.15) is 33.5 Å². The highest BCUT2D eigenvalue weighted by Gasteiger charge is 2.49. The molecule has 3 fully saturated rings. The molecule has 3 aromatic heterocycles. The summed E-state index contributed by atoms with van der Waals surface area (Å²) in [6.45, 7) is 1.74. The van der Waals surface area contributed by atoms with Crippen LogP contribution < -0.4 is 15.4 Å². The molecule has 1 amide bonds. The number of nitrogens with two attached hydrogens (primary N) is 1. The van der Waals surface area contributed by atoms with Crippen LogP contribution >= 0.6 is 11.3 Å². The van der Waals surface area contributed by atoms with Crippen molar-refractivity contribution in [2.75, 3.05) is 50.0 Å².